The highest BCUT2D eigenvalue weighted by Crippen LogP contribution is 2.45. The molecule has 12 heteroatoms. The van der Waals surface area contributed by atoms with E-state index in [9.17, 15) is 19.0 Å². The summed E-state index contributed by atoms with van der Waals surface area (Å²) in [7, 11) is 0. The maximum Gasteiger partial charge on any atom is 0.319 e. The van der Waals surface area contributed by atoms with Gasteiger partial charge in [0.2, 0.25) is 5.88 Å². The van der Waals surface area contributed by atoms with E-state index in [0.29, 0.717) is 37.1 Å². The Bertz CT molecular complexity index is 1940. The zero-order chi connectivity index (χ0) is 31.7. The fourth-order valence-corrected chi connectivity index (χ4v) is 7.89. The number of aromatic nitrogens is 3. The van der Waals surface area contributed by atoms with Crippen molar-refractivity contribution in [2.75, 3.05) is 37.7 Å². The number of hydrogen-bond donors (Lipinski definition) is 2. The Morgan fingerprint density at radius 3 is 2.83 bits per heavy atom. The summed E-state index contributed by atoms with van der Waals surface area (Å²) in [6, 6.07) is 4.74. The van der Waals surface area contributed by atoms with Crippen molar-refractivity contribution < 1.29 is 32.9 Å². The van der Waals surface area contributed by atoms with Gasteiger partial charge in [-0.1, -0.05) is 12.0 Å². The number of pyridine rings is 1. The second kappa shape index (κ2) is 10.9. The zero-order valence-corrected chi connectivity index (χ0v) is 25.0. The lowest BCUT2D eigenvalue weighted by molar-refractivity contribution is 0.106. The molecule has 0 aliphatic carbocycles. The maximum atomic E-state index is 17.0. The first kappa shape index (κ1) is 29.1. The van der Waals surface area contributed by atoms with Gasteiger partial charge in [-0.05, 0) is 62.2 Å². The molecule has 0 bridgehead atoms. The molecule has 2 unspecified atom stereocenters. The minimum Gasteiger partial charge on any atom is -0.508 e. The van der Waals surface area contributed by atoms with Crippen molar-refractivity contribution in [3.05, 3.63) is 41.5 Å². The summed E-state index contributed by atoms with van der Waals surface area (Å²) in [5.41, 5.74) is -0.934. The standard InChI is InChI=1S/C34H32F3N5O4/c1-2-21-23(36)8-7-18-12-20(43)13-22(26(18)21)29-28(37)30-27-31(42-11-4-3-6-25(44)24(42)16-45-32(27)38-29)40-33(39-30)46-17-34-9-5-10-41(34)15-19(35)14-34/h1,7-8,12-13,19,24-25,43-44H,3-6,9-11,14-17H2/t19-,24?,25?,34+/m1/s1. The van der Waals surface area contributed by atoms with Crippen molar-refractivity contribution in [1.29, 1.82) is 0 Å². The molecule has 6 heterocycles. The summed E-state index contributed by atoms with van der Waals surface area (Å²) in [6.45, 7) is 1.84. The SMILES string of the molecule is C#Cc1c(F)ccc2cc(O)cc(-c3nc4c5c(nc(OC[C@@]67CCCN6C[C@H](F)C7)nc5c3F)N3CCCCC(O)C3CO4)c12. The number of alkyl halides is 1. The van der Waals surface area contributed by atoms with Crippen molar-refractivity contribution in [1.82, 2.24) is 19.9 Å². The van der Waals surface area contributed by atoms with Crippen LogP contribution in [0.5, 0.6) is 17.6 Å². The van der Waals surface area contributed by atoms with E-state index in [1.807, 2.05) is 4.90 Å². The first-order valence-corrected chi connectivity index (χ1v) is 15.7. The van der Waals surface area contributed by atoms with Crippen LogP contribution in [0.4, 0.5) is 19.0 Å². The number of aliphatic hydroxyl groups is 1. The second-order valence-corrected chi connectivity index (χ2v) is 12.8. The average molecular weight is 632 g/mol. The smallest absolute Gasteiger partial charge is 0.319 e. The van der Waals surface area contributed by atoms with Gasteiger partial charge in [0.15, 0.2) is 5.82 Å². The number of nitrogens with zero attached hydrogens (tertiary/aromatic N) is 5. The van der Waals surface area contributed by atoms with Crippen LogP contribution in [0.3, 0.4) is 0 Å². The lowest BCUT2D eigenvalue weighted by atomic mass is 9.95. The number of benzene rings is 2. The highest BCUT2D eigenvalue weighted by atomic mass is 19.1. The normalized spacial score (nSPS) is 25.9. The van der Waals surface area contributed by atoms with E-state index in [0.717, 1.165) is 32.2 Å². The molecule has 238 valence electrons. The van der Waals surface area contributed by atoms with Crippen molar-refractivity contribution in [3.8, 4) is 41.2 Å². The van der Waals surface area contributed by atoms with Gasteiger partial charge in [-0.3, -0.25) is 4.90 Å². The van der Waals surface area contributed by atoms with Gasteiger partial charge < -0.3 is 24.6 Å². The number of phenolic OH excluding ortho intramolecular Hbond substituents is 1. The molecule has 0 radical (unpaired) electrons. The zero-order valence-electron chi connectivity index (χ0n) is 25.0. The number of terminal acetylenes is 1. The van der Waals surface area contributed by atoms with Gasteiger partial charge in [0.25, 0.3) is 0 Å². The number of hydrogen-bond acceptors (Lipinski definition) is 9. The minimum absolute atomic E-state index is 0.0278. The molecule has 3 saturated heterocycles. The van der Waals surface area contributed by atoms with E-state index >= 15 is 4.39 Å². The molecule has 46 heavy (non-hydrogen) atoms. The van der Waals surface area contributed by atoms with Crippen LogP contribution in [0.15, 0.2) is 24.3 Å². The van der Waals surface area contributed by atoms with Gasteiger partial charge in [0.05, 0.1) is 23.2 Å². The van der Waals surface area contributed by atoms with Gasteiger partial charge in [-0.2, -0.15) is 9.97 Å². The van der Waals surface area contributed by atoms with Gasteiger partial charge in [0.1, 0.15) is 53.4 Å². The Kier molecular flexibility index (Phi) is 6.88. The summed E-state index contributed by atoms with van der Waals surface area (Å²) >= 11 is 0. The highest BCUT2D eigenvalue weighted by Gasteiger charge is 2.49. The van der Waals surface area contributed by atoms with Gasteiger partial charge in [-0.25, -0.2) is 18.2 Å². The fourth-order valence-electron chi connectivity index (χ4n) is 7.89. The molecule has 3 fully saturated rings. The van der Waals surface area contributed by atoms with Gasteiger partial charge in [0, 0.05) is 30.5 Å². The molecule has 8 rings (SSSR count). The molecule has 0 spiro atoms. The molecule has 4 aliphatic rings. The van der Waals surface area contributed by atoms with E-state index < -0.39 is 35.5 Å². The van der Waals surface area contributed by atoms with E-state index in [1.54, 1.807) is 0 Å². The molecule has 0 amide bonds. The summed E-state index contributed by atoms with van der Waals surface area (Å²) in [6.07, 6.45) is 8.17. The van der Waals surface area contributed by atoms with Crippen molar-refractivity contribution >= 4 is 27.5 Å². The van der Waals surface area contributed by atoms with E-state index in [1.165, 1.54) is 24.3 Å². The number of phenols is 1. The third-order valence-corrected chi connectivity index (χ3v) is 10.1. The van der Waals surface area contributed by atoms with Crippen LogP contribution in [-0.2, 0) is 0 Å². The molecule has 9 nitrogen and oxygen atoms in total. The van der Waals surface area contributed by atoms with Crippen LogP contribution in [0, 0.1) is 24.0 Å². The van der Waals surface area contributed by atoms with Crippen LogP contribution < -0.4 is 14.4 Å². The summed E-state index contributed by atoms with van der Waals surface area (Å²) in [4.78, 5) is 17.9. The lowest BCUT2D eigenvalue weighted by Gasteiger charge is -2.32. The Morgan fingerprint density at radius 2 is 1.98 bits per heavy atom. The Hall–Kier alpha value is -4.34. The van der Waals surface area contributed by atoms with Crippen molar-refractivity contribution in [2.45, 2.75) is 62.4 Å². The monoisotopic (exact) mass is 631 g/mol. The van der Waals surface area contributed by atoms with Crippen LogP contribution in [0.25, 0.3) is 32.9 Å². The fraction of sp³-hybridized carbons (Fsp3) is 0.441. The largest absolute Gasteiger partial charge is 0.508 e. The van der Waals surface area contributed by atoms with Gasteiger partial charge >= 0.3 is 6.01 Å². The molecular weight excluding hydrogens is 599 g/mol. The summed E-state index contributed by atoms with van der Waals surface area (Å²) in [5.74, 6) is 0.961. The first-order chi connectivity index (χ1) is 22.3. The van der Waals surface area contributed by atoms with Gasteiger partial charge in [-0.15, -0.1) is 6.42 Å². The summed E-state index contributed by atoms with van der Waals surface area (Å²) < 4.78 is 58.8. The highest BCUT2D eigenvalue weighted by molar-refractivity contribution is 6.04. The predicted molar refractivity (Wildman–Crippen MR) is 165 cm³/mol. The maximum absolute atomic E-state index is 17.0. The minimum atomic E-state index is -0.953. The van der Waals surface area contributed by atoms with Crippen LogP contribution in [-0.4, -0.2) is 86.8 Å². The van der Waals surface area contributed by atoms with Crippen LogP contribution in [0.1, 0.15) is 44.1 Å². The van der Waals surface area contributed by atoms with Crippen LogP contribution in [0.2, 0.25) is 0 Å². The molecule has 2 N–H and O–H groups in total. The number of aromatic hydroxyl groups is 1. The number of aliphatic hydroxyl groups excluding tert-OH is 1. The average Bonchev–Trinajstić information content (AvgIpc) is 3.43. The molecular formula is C34H32F3N5O4. The van der Waals surface area contributed by atoms with Crippen LogP contribution >= 0.6 is 0 Å². The number of rotatable bonds is 4. The molecule has 2 aromatic carbocycles. The lowest BCUT2D eigenvalue weighted by Crippen LogP contribution is -2.46. The molecule has 4 aromatic rings. The number of fused-ring (bicyclic) bond motifs is 4. The van der Waals surface area contributed by atoms with Crippen molar-refractivity contribution in [3.63, 3.8) is 0 Å². The second-order valence-electron chi connectivity index (χ2n) is 12.8. The third kappa shape index (κ3) is 4.51. The topological polar surface area (TPSA) is 104 Å². The van der Waals surface area contributed by atoms with E-state index in [-0.39, 0.29) is 64.0 Å². The van der Waals surface area contributed by atoms with Crippen molar-refractivity contribution in [2.24, 2.45) is 0 Å². The third-order valence-electron chi connectivity index (χ3n) is 10.1. The molecule has 4 aliphatic heterocycles. The molecule has 0 saturated carbocycles. The first-order valence-electron chi connectivity index (χ1n) is 15.7. The van der Waals surface area contributed by atoms with E-state index in [4.69, 9.17) is 20.9 Å². The number of halogens is 3. The predicted octanol–water partition coefficient (Wildman–Crippen LogP) is 4.88. The number of ether oxygens (including phenoxy) is 2. The Morgan fingerprint density at radius 1 is 1.11 bits per heavy atom. The Labute approximate surface area is 263 Å². The summed E-state index contributed by atoms with van der Waals surface area (Å²) in [5, 5.41) is 22.5. The quantitative estimate of drug-likeness (QED) is 0.305. The molecule has 2 aromatic heterocycles. The molecule has 4 atom stereocenters. The van der Waals surface area contributed by atoms with E-state index in [2.05, 4.69) is 20.8 Å². The Balaban J connectivity index is 1.34. The number of anilines is 1.